The second kappa shape index (κ2) is 10.3. The maximum absolute atomic E-state index is 12.2. The molecule has 0 aliphatic carbocycles. The van der Waals surface area contributed by atoms with E-state index in [9.17, 15) is 9.90 Å². The van der Waals surface area contributed by atoms with Crippen LogP contribution in [0, 0.1) is 12.8 Å². The topological polar surface area (TPSA) is 65.0 Å². The van der Waals surface area contributed by atoms with Gasteiger partial charge >= 0.3 is 0 Å². The molecule has 0 aromatic heterocycles. The fourth-order valence-corrected chi connectivity index (χ4v) is 3.03. The molecule has 0 saturated carbocycles. The maximum Gasteiger partial charge on any atom is 0.188 e. The summed E-state index contributed by atoms with van der Waals surface area (Å²) in [5, 5.41) is 10.2. The van der Waals surface area contributed by atoms with Crippen molar-refractivity contribution in [3.8, 4) is 11.5 Å². The molecule has 2 atom stereocenters. The number of rotatable bonds is 10. The molecule has 0 bridgehead atoms. The van der Waals surface area contributed by atoms with Crippen LogP contribution in [0.1, 0.15) is 56.9 Å². The highest BCUT2D eigenvalue weighted by Gasteiger charge is 2.23. The van der Waals surface area contributed by atoms with Gasteiger partial charge < -0.3 is 19.3 Å². The van der Waals surface area contributed by atoms with Gasteiger partial charge in [-0.2, -0.15) is 0 Å². The Labute approximate surface area is 157 Å². The van der Waals surface area contributed by atoms with Crippen LogP contribution in [0.25, 0.3) is 0 Å². The number of hydrogen-bond donors (Lipinski definition) is 1. The van der Waals surface area contributed by atoms with E-state index < -0.39 is 6.10 Å². The molecule has 2 unspecified atom stereocenters. The van der Waals surface area contributed by atoms with Gasteiger partial charge in [0.15, 0.2) is 6.79 Å². The van der Waals surface area contributed by atoms with Gasteiger partial charge in [-0.3, -0.25) is 4.79 Å². The molecule has 0 heterocycles. The Bertz CT molecular complexity index is 642. The molecule has 0 spiro atoms. The number of aliphatic hydroxyl groups is 1. The molecule has 0 aliphatic heterocycles. The van der Waals surface area contributed by atoms with Gasteiger partial charge in [0.1, 0.15) is 17.3 Å². The highest BCUT2D eigenvalue weighted by molar-refractivity contribution is 5.79. The zero-order chi connectivity index (χ0) is 19.9. The summed E-state index contributed by atoms with van der Waals surface area (Å²) in [6.07, 6.45) is 2.61. The van der Waals surface area contributed by atoms with Crippen LogP contribution < -0.4 is 9.47 Å². The quantitative estimate of drug-likeness (QED) is 0.499. The third-order valence-corrected chi connectivity index (χ3v) is 4.49. The largest absolute Gasteiger partial charge is 0.496 e. The zero-order valence-corrected chi connectivity index (χ0v) is 17.0. The van der Waals surface area contributed by atoms with Gasteiger partial charge in [0.25, 0.3) is 0 Å². The molecule has 1 aromatic carbocycles. The van der Waals surface area contributed by atoms with Crippen LogP contribution in [0.5, 0.6) is 11.5 Å². The monoisotopic (exact) mass is 364 g/mol. The van der Waals surface area contributed by atoms with Crippen LogP contribution in [0.2, 0.25) is 0 Å². The standard InChI is InChI=1S/C21H32O5/c1-13(2)8-9-17(15(4)22)10-18-14(3)21(16(5)23)20(25-7)11-19(18)26-12-24-6/h8,11,16-17,23H,9-10,12H2,1-7H3. The number of ketones is 1. The molecule has 0 aliphatic rings. The third kappa shape index (κ3) is 5.85. The van der Waals surface area contributed by atoms with Crippen molar-refractivity contribution >= 4 is 5.78 Å². The molecule has 146 valence electrons. The first-order chi connectivity index (χ1) is 12.2. The summed E-state index contributed by atoms with van der Waals surface area (Å²) in [5.74, 6) is 1.17. The minimum Gasteiger partial charge on any atom is -0.496 e. The number of methoxy groups -OCH3 is 2. The average Bonchev–Trinajstić information content (AvgIpc) is 2.56. The summed E-state index contributed by atoms with van der Waals surface area (Å²) in [6, 6.07) is 1.77. The highest BCUT2D eigenvalue weighted by Crippen LogP contribution is 2.38. The Morgan fingerprint density at radius 2 is 1.88 bits per heavy atom. The number of hydrogen-bond acceptors (Lipinski definition) is 5. The van der Waals surface area contributed by atoms with Crippen LogP contribution in [0.4, 0.5) is 0 Å². The lowest BCUT2D eigenvalue weighted by molar-refractivity contribution is -0.120. The van der Waals surface area contributed by atoms with Gasteiger partial charge in [-0.25, -0.2) is 0 Å². The number of benzene rings is 1. The predicted molar refractivity (Wildman–Crippen MR) is 103 cm³/mol. The molecule has 5 heteroatoms. The Kier molecular flexibility index (Phi) is 8.82. The molecule has 0 saturated heterocycles. The maximum atomic E-state index is 12.2. The van der Waals surface area contributed by atoms with Crippen molar-refractivity contribution in [1.29, 1.82) is 0 Å². The molecular weight excluding hydrogens is 332 g/mol. The summed E-state index contributed by atoms with van der Waals surface area (Å²) in [4.78, 5) is 12.2. The van der Waals surface area contributed by atoms with E-state index in [-0.39, 0.29) is 18.5 Å². The minimum absolute atomic E-state index is 0.0995. The van der Waals surface area contributed by atoms with Gasteiger partial charge in [-0.05, 0) is 58.6 Å². The van der Waals surface area contributed by atoms with E-state index in [0.717, 1.165) is 16.7 Å². The first-order valence-corrected chi connectivity index (χ1v) is 8.86. The van der Waals surface area contributed by atoms with Crippen LogP contribution in [-0.2, 0) is 16.0 Å². The van der Waals surface area contributed by atoms with Crippen LogP contribution >= 0.6 is 0 Å². The van der Waals surface area contributed by atoms with Crippen molar-refractivity contribution in [2.75, 3.05) is 21.0 Å². The van der Waals surface area contributed by atoms with E-state index in [1.165, 1.54) is 5.57 Å². The fraction of sp³-hybridized carbons (Fsp3) is 0.571. The first kappa shape index (κ1) is 22.2. The molecule has 26 heavy (non-hydrogen) atoms. The van der Waals surface area contributed by atoms with E-state index in [1.54, 1.807) is 34.1 Å². The van der Waals surface area contributed by atoms with Gasteiger partial charge in [-0.15, -0.1) is 0 Å². The second-order valence-corrected chi connectivity index (χ2v) is 6.85. The first-order valence-electron chi connectivity index (χ1n) is 8.86. The Morgan fingerprint density at radius 3 is 2.35 bits per heavy atom. The number of Topliss-reactive ketones (excluding diaryl/α,β-unsaturated/α-hetero) is 1. The smallest absolute Gasteiger partial charge is 0.188 e. The molecule has 5 nitrogen and oxygen atoms in total. The Balaban J connectivity index is 3.41. The third-order valence-electron chi connectivity index (χ3n) is 4.49. The van der Waals surface area contributed by atoms with Crippen molar-refractivity contribution in [3.63, 3.8) is 0 Å². The van der Waals surface area contributed by atoms with E-state index in [0.29, 0.717) is 24.3 Å². The van der Waals surface area contributed by atoms with E-state index in [4.69, 9.17) is 14.2 Å². The number of carbonyl (C=O) groups is 1. The van der Waals surface area contributed by atoms with Crippen molar-refractivity contribution in [1.82, 2.24) is 0 Å². The van der Waals surface area contributed by atoms with Crippen molar-refractivity contribution < 1.29 is 24.1 Å². The molecule has 0 fully saturated rings. The van der Waals surface area contributed by atoms with E-state index >= 15 is 0 Å². The lowest BCUT2D eigenvalue weighted by Gasteiger charge is -2.23. The molecular formula is C21H32O5. The lowest BCUT2D eigenvalue weighted by Crippen LogP contribution is -2.16. The number of carbonyl (C=O) groups excluding carboxylic acids is 1. The number of ether oxygens (including phenoxy) is 3. The summed E-state index contributed by atoms with van der Waals surface area (Å²) >= 11 is 0. The van der Waals surface area contributed by atoms with Gasteiger partial charge in [0.2, 0.25) is 0 Å². The molecule has 1 rings (SSSR count). The highest BCUT2D eigenvalue weighted by atomic mass is 16.7. The van der Waals surface area contributed by atoms with Crippen molar-refractivity contribution in [2.45, 2.75) is 53.6 Å². The normalized spacial score (nSPS) is 13.1. The van der Waals surface area contributed by atoms with Crippen molar-refractivity contribution in [3.05, 3.63) is 34.4 Å². The fourth-order valence-electron chi connectivity index (χ4n) is 3.03. The Hall–Kier alpha value is -1.85. The number of aliphatic hydroxyl groups excluding tert-OH is 1. The summed E-state index contributed by atoms with van der Waals surface area (Å²) in [7, 11) is 3.12. The molecule has 0 radical (unpaired) electrons. The average molecular weight is 364 g/mol. The predicted octanol–water partition coefficient (Wildman–Crippen LogP) is 4.14. The van der Waals surface area contributed by atoms with Gasteiger partial charge in [0, 0.05) is 24.7 Å². The minimum atomic E-state index is -0.686. The van der Waals surface area contributed by atoms with Crippen LogP contribution in [0.15, 0.2) is 17.7 Å². The SMILES string of the molecule is COCOc1cc(OC)c(C(C)O)c(C)c1CC(CC=C(C)C)C(C)=O. The molecule has 0 amide bonds. The van der Waals surface area contributed by atoms with Gasteiger partial charge in [-0.1, -0.05) is 11.6 Å². The Morgan fingerprint density at radius 1 is 1.23 bits per heavy atom. The van der Waals surface area contributed by atoms with E-state index in [2.05, 4.69) is 6.08 Å². The second-order valence-electron chi connectivity index (χ2n) is 6.85. The number of allylic oxidation sites excluding steroid dienone is 2. The summed E-state index contributed by atoms with van der Waals surface area (Å²) in [5.41, 5.74) is 3.69. The van der Waals surface area contributed by atoms with Crippen molar-refractivity contribution in [2.24, 2.45) is 5.92 Å². The zero-order valence-electron chi connectivity index (χ0n) is 17.0. The summed E-state index contributed by atoms with van der Waals surface area (Å²) in [6.45, 7) is 9.40. The lowest BCUT2D eigenvalue weighted by atomic mass is 9.87. The summed E-state index contributed by atoms with van der Waals surface area (Å²) < 4.78 is 16.2. The van der Waals surface area contributed by atoms with E-state index in [1.807, 2.05) is 20.8 Å². The van der Waals surface area contributed by atoms with Gasteiger partial charge in [0.05, 0.1) is 13.2 Å². The van der Waals surface area contributed by atoms with Crippen LogP contribution in [-0.4, -0.2) is 31.9 Å². The molecule has 1 N–H and O–H groups in total. The van der Waals surface area contributed by atoms with Crippen LogP contribution in [0.3, 0.4) is 0 Å². The molecule has 1 aromatic rings.